The number of hydrogen-bond donors (Lipinski definition) is 0. The molecule has 0 fully saturated rings. The zero-order valence-electron chi connectivity index (χ0n) is 17.7. The van der Waals surface area contributed by atoms with E-state index in [2.05, 4.69) is 140 Å². The molecule has 0 N–H and O–H groups in total. The van der Waals surface area contributed by atoms with Crippen molar-refractivity contribution < 1.29 is 0 Å². The normalized spacial score (nSPS) is 11.8. The van der Waals surface area contributed by atoms with Crippen LogP contribution in [-0.4, -0.2) is 9.13 Å². The van der Waals surface area contributed by atoms with Crippen LogP contribution >= 0.6 is 15.9 Å². The Morgan fingerprint density at radius 2 is 1.09 bits per heavy atom. The summed E-state index contributed by atoms with van der Waals surface area (Å²) < 4.78 is 5.88. The van der Waals surface area contributed by atoms with Crippen LogP contribution in [0.3, 0.4) is 0 Å². The molecule has 2 aromatic heterocycles. The summed E-state index contributed by atoms with van der Waals surface area (Å²) in [5.41, 5.74) is 7.20. The van der Waals surface area contributed by atoms with Crippen molar-refractivity contribution in [3.63, 3.8) is 0 Å². The molecule has 0 saturated heterocycles. The van der Waals surface area contributed by atoms with E-state index in [1.165, 1.54) is 49.3 Å². The first kappa shape index (κ1) is 18.7. The van der Waals surface area contributed by atoms with Crippen LogP contribution in [0.2, 0.25) is 0 Å². The van der Waals surface area contributed by atoms with E-state index in [-0.39, 0.29) is 0 Å². The lowest BCUT2D eigenvalue weighted by Crippen LogP contribution is -1.96. The number of rotatable bonds is 2. The maximum absolute atomic E-state index is 3.82. The van der Waals surface area contributed by atoms with E-state index >= 15 is 0 Å². The van der Waals surface area contributed by atoms with E-state index in [1.807, 2.05) is 0 Å². The highest BCUT2D eigenvalue weighted by atomic mass is 79.9. The molecule has 156 valence electrons. The molecule has 33 heavy (non-hydrogen) atoms. The van der Waals surface area contributed by atoms with E-state index in [9.17, 15) is 0 Å². The number of benzene rings is 5. The topological polar surface area (TPSA) is 9.86 Å². The second-order valence-corrected chi connectivity index (χ2v) is 9.20. The predicted octanol–water partition coefficient (Wildman–Crippen LogP) is 8.64. The first-order chi connectivity index (χ1) is 16.3. The number of para-hydroxylation sites is 4. The molecule has 2 heterocycles. The summed E-state index contributed by atoms with van der Waals surface area (Å²) in [6.45, 7) is 0. The van der Waals surface area contributed by atoms with Gasteiger partial charge in [-0.25, -0.2) is 0 Å². The van der Waals surface area contributed by atoms with Crippen LogP contribution in [0.4, 0.5) is 0 Å². The van der Waals surface area contributed by atoms with Crippen LogP contribution < -0.4 is 0 Å². The highest BCUT2D eigenvalue weighted by Gasteiger charge is 2.20. The molecule has 0 aliphatic heterocycles. The summed E-state index contributed by atoms with van der Waals surface area (Å²) in [6, 6.07) is 41.1. The highest BCUT2D eigenvalue weighted by molar-refractivity contribution is 9.10. The molecular formula is C30H19BrN2. The van der Waals surface area contributed by atoms with Gasteiger partial charge in [-0.2, -0.15) is 0 Å². The molecular weight excluding hydrogens is 468 g/mol. The van der Waals surface area contributed by atoms with Gasteiger partial charge < -0.3 is 9.13 Å². The molecule has 0 aliphatic rings. The third-order valence-electron chi connectivity index (χ3n) is 6.58. The van der Waals surface area contributed by atoms with Gasteiger partial charge >= 0.3 is 0 Å². The van der Waals surface area contributed by atoms with Gasteiger partial charge in [0.25, 0.3) is 0 Å². The van der Waals surface area contributed by atoms with Crippen molar-refractivity contribution in [3.05, 3.63) is 120 Å². The summed E-state index contributed by atoms with van der Waals surface area (Å²) in [5, 5.41) is 5.07. The second-order valence-electron chi connectivity index (χ2n) is 8.35. The fraction of sp³-hybridized carbons (Fsp3) is 0. The highest BCUT2D eigenvalue weighted by Crippen LogP contribution is 2.42. The quantitative estimate of drug-likeness (QED) is 0.231. The standard InChI is InChI=1S/C30H19BrN2/c31-24-14-6-9-17-27(24)33-25-15-7-4-12-21(25)22-18-19-28-29(30(22)33)23-13-5-8-16-26(23)32(28)20-10-2-1-3-11-20/h1-19H. The molecule has 0 bridgehead atoms. The summed E-state index contributed by atoms with van der Waals surface area (Å²) in [7, 11) is 0. The van der Waals surface area contributed by atoms with Gasteiger partial charge in [0.15, 0.2) is 0 Å². The lowest BCUT2D eigenvalue weighted by atomic mass is 10.1. The monoisotopic (exact) mass is 486 g/mol. The van der Waals surface area contributed by atoms with Gasteiger partial charge in [0.05, 0.1) is 27.8 Å². The lowest BCUT2D eigenvalue weighted by Gasteiger charge is -2.11. The zero-order valence-corrected chi connectivity index (χ0v) is 19.3. The molecule has 7 rings (SSSR count). The molecule has 0 saturated carbocycles. The van der Waals surface area contributed by atoms with Crippen molar-refractivity contribution in [2.45, 2.75) is 0 Å². The zero-order chi connectivity index (χ0) is 21.9. The third kappa shape index (κ3) is 2.60. The van der Waals surface area contributed by atoms with Crippen LogP contribution in [0.1, 0.15) is 0 Å². The summed E-state index contributed by atoms with van der Waals surface area (Å²) in [5.74, 6) is 0. The number of hydrogen-bond acceptors (Lipinski definition) is 0. The molecule has 0 radical (unpaired) electrons. The molecule has 2 nitrogen and oxygen atoms in total. The molecule has 0 amide bonds. The SMILES string of the molecule is Brc1ccccc1-n1c2ccccc2c2ccc3c(c4ccccc4n3-c3ccccc3)c21. The lowest BCUT2D eigenvalue weighted by molar-refractivity contribution is 1.17. The molecule has 0 unspecified atom stereocenters. The third-order valence-corrected chi connectivity index (χ3v) is 7.25. The van der Waals surface area contributed by atoms with Crippen molar-refractivity contribution >= 4 is 59.5 Å². The van der Waals surface area contributed by atoms with Crippen LogP contribution in [0.25, 0.3) is 55.0 Å². The molecule has 0 aliphatic carbocycles. The fourth-order valence-corrected chi connectivity index (χ4v) is 5.71. The maximum Gasteiger partial charge on any atom is 0.0641 e. The molecule has 7 aromatic rings. The summed E-state index contributed by atoms with van der Waals surface area (Å²) in [6.07, 6.45) is 0. The Balaban J connectivity index is 1.78. The minimum absolute atomic E-state index is 1.08. The van der Waals surface area contributed by atoms with Crippen LogP contribution in [0, 0.1) is 0 Å². The van der Waals surface area contributed by atoms with Crippen LogP contribution in [0.5, 0.6) is 0 Å². The van der Waals surface area contributed by atoms with Crippen molar-refractivity contribution in [2.24, 2.45) is 0 Å². The Morgan fingerprint density at radius 1 is 0.455 bits per heavy atom. The van der Waals surface area contributed by atoms with Gasteiger partial charge in [-0.15, -0.1) is 0 Å². The Bertz CT molecular complexity index is 1820. The van der Waals surface area contributed by atoms with E-state index in [0.717, 1.165) is 10.2 Å². The van der Waals surface area contributed by atoms with Gasteiger partial charge in [-0.3, -0.25) is 0 Å². The van der Waals surface area contributed by atoms with E-state index in [1.54, 1.807) is 0 Å². The van der Waals surface area contributed by atoms with Gasteiger partial charge in [0, 0.05) is 31.7 Å². The average Bonchev–Trinajstić information content (AvgIpc) is 3.38. The minimum atomic E-state index is 1.08. The summed E-state index contributed by atoms with van der Waals surface area (Å²) >= 11 is 3.82. The van der Waals surface area contributed by atoms with Gasteiger partial charge in [0.1, 0.15) is 0 Å². The number of fused-ring (bicyclic) bond motifs is 7. The number of halogens is 1. The van der Waals surface area contributed by atoms with Crippen molar-refractivity contribution in [1.82, 2.24) is 9.13 Å². The maximum atomic E-state index is 3.82. The molecule has 5 aromatic carbocycles. The fourth-order valence-electron chi connectivity index (χ4n) is 5.25. The first-order valence-corrected chi connectivity index (χ1v) is 11.9. The molecule has 0 spiro atoms. The van der Waals surface area contributed by atoms with Crippen LogP contribution in [0.15, 0.2) is 120 Å². The van der Waals surface area contributed by atoms with Crippen molar-refractivity contribution in [1.29, 1.82) is 0 Å². The van der Waals surface area contributed by atoms with Gasteiger partial charge in [0.2, 0.25) is 0 Å². The van der Waals surface area contributed by atoms with Crippen molar-refractivity contribution in [3.8, 4) is 11.4 Å². The van der Waals surface area contributed by atoms with E-state index < -0.39 is 0 Å². The number of aromatic nitrogens is 2. The van der Waals surface area contributed by atoms with Gasteiger partial charge in [-0.05, 0) is 58.4 Å². The van der Waals surface area contributed by atoms with E-state index in [4.69, 9.17) is 0 Å². The van der Waals surface area contributed by atoms with Crippen molar-refractivity contribution in [2.75, 3.05) is 0 Å². The largest absolute Gasteiger partial charge is 0.309 e. The Morgan fingerprint density at radius 3 is 1.88 bits per heavy atom. The molecule has 3 heteroatoms. The minimum Gasteiger partial charge on any atom is -0.309 e. The average molecular weight is 487 g/mol. The van der Waals surface area contributed by atoms with E-state index in [0.29, 0.717) is 0 Å². The summed E-state index contributed by atoms with van der Waals surface area (Å²) in [4.78, 5) is 0. The number of nitrogens with zero attached hydrogens (tertiary/aromatic N) is 2. The van der Waals surface area contributed by atoms with Gasteiger partial charge in [-0.1, -0.05) is 72.8 Å². The predicted molar refractivity (Wildman–Crippen MR) is 143 cm³/mol. The Hall–Kier alpha value is -3.82. The Labute approximate surface area is 199 Å². The van der Waals surface area contributed by atoms with Crippen LogP contribution in [-0.2, 0) is 0 Å². The smallest absolute Gasteiger partial charge is 0.0641 e. The first-order valence-electron chi connectivity index (χ1n) is 11.1. The molecule has 0 atom stereocenters. The second kappa shape index (κ2) is 7.09. The Kier molecular flexibility index (Phi) is 4.02.